The molecular formula is C8H10N2O2. The van der Waals surface area contributed by atoms with Gasteiger partial charge in [0.1, 0.15) is 5.56 Å². The number of carboxylic acid groups (broad SMARTS) is 1. The fourth-order valence-electron chi connectivity index (χ4n) is 1.14. The summed E-state index contributed by atoms with van der Waals surface area (Å²) < 4.78 is 0. The van der Waals surface area contributed by atoms with Gasteiger partial charge in [-0.3, -0.25) is 4.98 Å². The zero-order valence-corrected chi connectivity index (χ0v) is 6.96. The molecule has 1 aromatic heterocycles. The first kappa shape index (κ1) is 8.52. The molecule has 3 N–H and O–H groups in total. The lowest BCUT2D eigenvalue weighted by atomic mass is 10.1. The second-order valence-electron chi connectivity index (χ2n) is 2.62. The van der Waals surface area contributed by atoms with Crippen LogP contribution in [0.25, 0.3) is 0 Å². The summed E-state index contributed by atoms with van der Waals surface area (Å²) in [7, 11) is 0. The molecule has 64 valence electrons. The van der Waals surface area contributed by atoms with Gasteiger partial charge >= 0.3 is 5.97 Å². The molecule has 0 aliphatic carbocycles. The molecule has 0 radical (unpaired) electrons. The van der Waals surface area contributed by atoms with E-state index < -0.39 is 5.97 Å². The van der Waals surface area contributed by atoms with Gasteiger partial charge in [-0.05, 0) is 19.9 Å². The number of pyridine rings is 1. The molecule has 0 spiro atoms. The number of aromatic carboxylic acids is 1. The molecule has 0 aliphatic rings. The molecular weight excluding hydrogens is 156 g/mol. The van der Waals surface area contributed by atoms with Gasteiger partial charge in [0, 0.05) is 11.4 Å². The van der Waals surface area contributed by atoms with E-state index in [9.17, 15) is 4.79 Å². The maximum atomic E-state index is 10.6. The number of aryl methyl sites for hydroxylation is 2. The fraction of sp³-hybridized carbons (Fsp3) is 0.250. The van der Waals surface area contributed by atoms with Crippen LogP contribution in [0.15, 0.2) is 6.07 Å². The number of carboxylic acids is 1. The molecule has 4 nitrogen and oxygen atoms in total. The minimum atomic E-state index is -1.03. The highest BCUT2D eigenvalue weighted by Gasteiger charge is 2.12. The van der Waals surface area contributed by atoms with Crippen LogP contribution in [0.2, 0.25) is 0 Å². The van der Waals surface area contributed by atoms with Crippen LogP contribution < -0.4 is 5.73 Å². The van der Waals surface area contributed by atoms with Crippen molar-refractivity contribution in [1.82, 2.24) is 4.98 Å². The first-order chi connectivity index (χ1) is 5.52. The molecule has 1 heterocycles. The van der Waals surface area contributed by atoms with Crippen molar-refractivity contribution in [3.8, 4) is 0 Å². The number of nitrogens with zero attached hydrogens (tertiary/aromatic N) is 1. The number of nitrogens with two attached hydrogens (primary N) is 1. The Hall–Kier alpha value is -1.58. The lowest BCUT2D eigenvalue weighted by Gasteiger charge is -2.04. The molecule has 12 heavy (non-hydrogen) atoms. The summed E-state index contributed by atoms with van der Waals surface area (Å²) in [6.45, 7) is 3.40. The minimum Gasteiger partial charge on any atom is -0.478 e. The molecule has 0 aliphatic heterocycles. The molecule has 0 aromatic carbocycles. The Balaban J connectivity index is 3.38. The number of anilines is 1. The third-order valence-corrected chi connectivity index (χ3v) is 1.57. The maximum absolute atomic E-state index is 10.6. The Morgan fingerprint density at radius 3 is 2.58 bits per heavy atom. The monoisotopic (exact) mass is 166 g/mol. The zero-order valence-electron chi connectivity index (χ0n) is 6.96. The molecule has 0 fully saturated rings. The van der Waals surface area contributed by atoms with Crippen molar-refractivity contribution in [1.29, 1.82) is 0 Å². The predicted molar refractivity (Wildman–Crippen MR) is 45.1 cm³/mol. The smallest absolute Gasteiger partial charge is 0.339 e. The normalized spacial score (nSPS) is 9.83. The van der Waals surface area contributed by atoms with Crippen LogP contribution in [-0.2, 0) is 0 Å². The Morgan fingerprint density at radius 1 is 1.58 bits per heavy atom. The average molecular weight is 166 g/mol. The number of nitrogen functional groups attached to an aromatic ring is 1. The van der Waals surface area contributed by atoms with Crippen molar-refractivity contribution in [2.24, 2.45) is 0 Å². The first-order valence-corrected chi connectivity index (χ1v) is 3.49. The van der Waals surface area contributed by atoms with Crippen molar-refractivity contribution in [3.63, 3.8) is 0 Å². The summed E-state index contributed by atoms with van der Waals surface area (Å²) in [6, 6.07) is 1.55. The van der Waals surface area contributed by atoms with E-state index in [1.54, 1.807) is 19.9 Å². The van der Waals surface area contributed by atoms with Crippen LogP contribution in [0.4, 0.5) is 5.69 Å². The van der Waals surface area contributed by atoms with Crippen LogP contribution in [0.1, 0.15) is 21.7 Å². The number of hydrogen-bond acceptors (Lipinski definition) is 3. The second kappa shape index (κ2) is 2.81. The standard InChI is InChI=1S/C8H10N2O2/c1-4-3-6(9)7(8(11)12)5(2)10-4/h3H,1-2H3,(H2,9,10)(H,11,12). The van der Waals surface area contributed by atoms with E-state index in [1.807, 2.05) is 0 Å². The predicted octanol–water partition coefficient (Wildman–Crippen LogP) is 0.979. The van der Waals surface area contributed by atoms with E-state index in [0.717, 1.165) is 5.69 Å². The van der Waals surface area contributed by atoms with Crippen LogP contribution in [0.3, 0.4) is 0 Å². The van der Waals surface area contributed by atoms with Gasteiger partial charge < -0.3 is 10.8 Å². The Bertz CT molecular complexity index is 311. The lowest BCUT2D eigenvalue weighted by Crippen LogP contribution is -2.07. The highest BCUT2D eigenvalue weighted by atomic mass is 16.4. The van der Waals surface area contributed by atoms with Gasteiger partial charge in [0.2, 0.25) is 0 Å². The summed E-state index contributed by atoms with van der Waals surface area (Å²) in [5.41, 5.74) is 7.06. The van der Waals surface area contributed by atoms with E-state index in [1.165, 1.54) is 0 Å². The average Bonchev–Trinajstić information content (AvgIpc) is 1.82. The fourth-order valence-corrected chi connectivity index (χ4v) is 1.14. The number of rotatable bonds is 1. The SMILES string of the molecule is Cc1cc(N)c(C(=O)O)c(C)n1. The zero-order chi connectivity index (χ0) is 9.30. The van der Waals surface area contributed by atoms with E-state index >= 15 is 0 Å². The van der Waals surface area contributed by atoms with Gasteiger partial charge in [-0.15, -0.1) is 0 Å². The number of aromatic nitrogens is 1. The summed E-state index contributed by atoms with van der Waals surface area (Å²) in [5, 5.41) is 8.72. The summed E-state index contributed by atoms with van der Waals surface area (Å²) in [4.78, 5) is 14.6. The van der Waals surface area contributed by atoms with Gasteiger partial charge in [-0.1, -0.05) is 0 Å². The molecule has 0 atom stereocenters. The van der Waals surface area contributed by atoms with Crippen molar-refractivity contribution < 1.29 is 9.90 Å². The van der Waals surface area contributed by atoms with E-state index in [2.05, 4.69) is 4.98 Å². The third-order valence-electron chi connectivity index (χ3n) is 1.57. The molecule has 0 unspecified atom stereocenters. The topological polar surface area (TPSA) is 76.2 Å². The van der Waals surface area contributed by atoms with Gasteiger partial charge in [0.05, 0.1) is 5.69 Å². The molecule has 0 saturated carbocycles. The first-order valence-electron chi connectivity index (χ1n) is 3.49. The maximum Gasteiger partial charge on any atom is 0.339 e. The molecule has 1 rings (SSSR count). The molecule has 4 heteroatoms. The Labute approximate surface area is 70.0 Å². The van der Waals surface area contributed by atoms with Crippen LogP contribution >= 0.6 is 0 Å². The van der Waals surface area contributed by atoms with Crippen LogP contribution in [0.5, 0.6) is 0 Å². The highest BCUT2D eigenvalue weighted by molar-refractivity contribution is 5.94. The van der Waals surface area contributed by atoms with Gasteiger partial charge in [-0.2, -0.15) is 0 Å². The van der Waals surface area contributed by atoms with Gasteiger partial charge in [-0.25, -0.2) is 4.79 Å². The van der Waals surface area contributed by atoms with E-state index in [-0.39, 0.29) is 11.3 Å². The quantitative estimate of drug-likeness (QED) is 0.652. The summed E-state index contributed by atoms with van der Waals surface area (Å²) >= 11 is 0. The molecule has 0 bridgehead atoms. The van der Waals surface area contributed by atoms with Crippen LogP contribution in [-0.4, -0.2) is 16.1 Å². The van der Waals surface area contributed by atoms with Crippen LogP contribution in [0, 0.1) is 13.8 Å². The number of hydrogen-bond donors (Lipinski definition) is 2. The van der Waals surface area contributed by atoms with Crippen molar-refractivity contribution in [2.45, 2.75) is 13.8 Å². The lowest BCUT2D eigenvalue weighted by molar-refractivity contribution is 0.0697. The number of carbonyl (C=O) groups is 1. The van der Waals surface area contributed by atoms with E-state index in [0.29, 0.717) is 5.69 Å². The molecule has 0 saturated heterocycles. The van der Waals surface area contributed by atoms with Gasteiger partial charge in [0.15, 0.2) is 0 Å². The minimum absolute atomic E-state index is 0.0978. The Kier molecular flexibility index (Phi) is 1.99. The molecule has 0 amide bonds. The largest absolute Gasteiger partial charge is 0.478 e. The Morgan fingerprint density at radius 2 is 2.17 bits per heavy atom. The third kappa shape index (κ3) is 1.37. The highest BCUT2D eigenvalue weighted by Crippen LogP contribution is 2.15. The summed E-state index contributed by atoms with van der Waals surface area (Å²) in [6.07, 6.45) is 0. The molecule has 1 aromatic rings. The summed E-state index contributed by atoms with van der Waals surface area (Å²) in [5.74, 6) is -1.03. The van der Waals surface area contributed by atoms with Crippen molar-refractivity contribution in [2.75, 3.05) is 5.73 Å². The van der Waals surface area contributed by atoms with Crippen molar-refractivity contribution >= 4 is 11.7 Å². The van der Waals surface area contributed by atoms with Crippen molar-refractivity contribution in [3.05, 3.63) is 23.0 Å². The van der Waals surface area contributed by atoms with E-state index in [4.69, 9.17) is 10.8 Å². The second-order valence-corrected chi connectivity index (χ2v) is 2.62. The van der Waals surface area contributed by atoms with Gasteiger partial charge in [0.25, 0.3) is 0 Å².